The molecule has 0 radical (unpaired) electrons. The van der Waals surface area contributed by atoms with E-state index in [4.69, 9.17) is 0 Å². The fourth-order valence-electron chi connectivity index (χ4n) is 2.19. The Morgan fingerprint density at radius 2 is 0.941 bits per heavy atom. The fraction of sp³-hybridized carbons (Fsp3) is 1.00. The first kappa shape index (κ1) is 17.1. The topological polar surface area (TPSA) is 17.1 Å². The van der Waals surface area contributed by atoms with Crippen LogP contribution in [0.5, 0.6) is 0 Å². The van der Waals surface area contributed by atoms with Crippen LogP contribution in [0, 0.1) is 0 Å². The molecule has 17 heavy (non-hydrogen) atoms. The zero-order valence-corrected chi connectivity index (χ0v) is 12.6. The number of hydrogen-bond donors (Lipinski definition) is 0. The Bertz CT molecular complexity index is 148. The standard InChI is InChI=1S/C15H31OP/c1-2-3-4-5-6-7-8-9-10-11-12-13-14-15-17-16/h2-15H2,1H3. The first-order valence-corrected chi connectivity index (χ1v) is 8.70. The molecule has 0 bridgehead atoms. The van der Waals surface area contributed by atoms with E-state index in [-0.39, 0.29) is 0 Å². The van der Waals surface area contributed by atoms with Crippen LogP contribution < -0.4 is 0 Å². The summed E-state index contributed by atoms with van der Waals surface area (Å²) in [6.45, 7) is 2.27. The van der Waals surface area contributed by atoms with Crippen molar-refractivity contribution in [1.29, 1.82) is 0 Å². The second-order valence-electron chi connectivity index (χ2n) is 5.10. The molecule has 0 N–H and O–H groups in total. The third-order valence-corrected chi connectivity index (χ3v) is 3.85. The second kappa shape index (κ2) is 16.1. The van der Waals surface area contributed by atoms with E-state index in [1.54, 1.807) is 0 Å². The van der Waals surface area contributed by atoms with Gasteiger partial charge in [0.15, 0.2) is 8.46 Å². The van der Waals surface area contributed by atoms with E-state index in [2.05, 4.69) is 6.92 Å². The summed E-state index contributed by atoms with van der Waals surface area (Å²) in [4.78, 5) is 0. The Kier molecular flexibility index (Phi) is 16.2. The Hall–Kier alpha value is 0.100. The van der Waals surface area contributed by atoms with Gasteiger partial charge >= 0.3 is 0 Å². The van der Waals surface area contributed by atoms with Gasteiger partial charge in [-0.05, 0) is 6.42 Å². The molecule has 0 atom stereocenters. The Morgan fingerprint density at radius 1 is 0.588 bits per heavy atom. The van der Waals surface area contributed by atoms with Crippen molar-refractivity contribution in [1.82, 2.24) is 0 Å². The predicted molar refractivity (Wildman–Crippen MR) is 78.2 cm³/mol. The van der Waals surface area contributed by atoms with Crippen LogP contribution in [-0.4, -0.2) is 6.16 Å². The smallest absolute Gasteiger partial charge is 0.155 e. The lowest BCUT2D eigenvalue weighted by atomic mass is 10.1. The molecular formula is C15H31OP. The number of unbranched alkanes of at least 4 members (excludes halogenated alkanes) is 12. The lowest BCUT2D eigenvalue weighted by Gasteiger charge is -2.02. The molecule has 0 aliphatic heterocycles. The molecule has 0 heterocycles. The predicted octanol–water partition coefficient (Wildman–Crippen LogP) is 6.37. The monoisotopic (exact) mass is 258 g/mol. The number of hydrogen-bond acceptors (Lipinski definition) is 1. The molecule has 0 aromatic rings. The minimum absolute atomic E-state index is 0.327. The van der Waals surface area contributed by atoms with Crippen LogP contribution in [0.4, 0.5) is 0 Å². The third-order valence-electron chi connectivity index (χ3n) is 3.35. The average Bonchev–Trinajstić information content (AvgIpc) is 2.35. The molecule has 0 aromatic heterocycles. The molecule has 2 heteroatoms. The zero-order valence-electron chi connectivity index (χ0n) is 11.8. The molecule has 0 rings (SSSR count). The minimum atomic E-state index is 0.327. The van der Waals surface area contributed by atoms with Gasteiger partial charge in [-0.25, -0.2) is 0 Å². The molecule has 0 aliphatic carbocycles. The fourth-order valence-corrected chi connectivity index (χ4v) is 2.55. The van der Waals surface area contributed by atoms with E-state index in [1.807, 2.05) is 0 Å². The largest absolute Gasteiger partial charge is 0.275 e. The molecule has 0 unspecified atom stereocenters. The van der Waals surface area contributed by atoms with Gasteiger partial charge in [0.05, 0.1) is 0 Å². The van der Waals surface area contributed by atoms with E-state index in [0.29, 0.717) is 8.46 Å². The van der Waals surface area contributed by atoms with E-state index < -0.39 is 0 Å². The first-order chi connectivity index (χ1) is 8.41. The van der Waals surface area contributed by atoms with E-state index >= 15 is 0 Å². The van der Waals surface area contributed by atoms with Crippen LogP contribution in [0.15, 0.2) is 0 Å². The molecule has 1 nitrogen and oxygen atoms in total. The highest BCUT2D eigenvalue weighted by Crippen LogP contribution is 2.12. The second-order valence-corrected chi connectivity index (χ2v) is 5.80. The SMILES string of the molecule is CCCCCCCCCCCCCCCP=O. The van der Waals surface area contributed by atoms with Gasteiger partial charge in [-0.3, -0.25) is 4.57 Å². The van der Waals surface area contributed by atoms with Crippen molar-refractivity contribution in [3.63, 3.8) is 0 Å². The molecular weight excluding hydrogens is 227 g/mol. The molecule has 0 fully saturated rings. The summed E-state index contributed by atoms with van der Waals surface area (Å²) in [5.74, 6) is 0. The first-order valence-electron chi connectivity index (χ1n) is 7.71. The summed E-state index contributed by atoms with van der Waals surface area (Å²) >= 11 is 0. The van der Waals surface area contributed by atoms with Crippen LogP contribution in [-0.2, 0) is 4.57 Å². The van der Waals surface area contributed by atoms with Gasteiger partial charge in [0, 0.05) is 6.16 Å². The highest BCUT2D eigenvalue weighted by Gasteiger charge is 1.93. The Labute approximate surface area is 110 Å². The van der Waals surface area contributed by atoms with E-state index in [9.17, 15) is 4.57 Å². The van der Waals surface area contributed by atoms with Crippen LogP contribution in [0.3, 0.4) is 0 Å². The van der Waals surface area contributed by atoms with E-state index in [1.165, 1.54) is 77.0 Å². The van der Waals surface area contributed by atoms with Crippen molar-refractivity contribution in [2.75, 3.05) is 6.16 Å². The molecule has 0 spiro atoms. The van der Waals surface area contributed by atoms with Crippen molar-refractivity contribution in [3.05, 3.63) is 0 Å². The van der Waals surface area contributed by atoms with Gasteiger partial charge in [0.1, 0.15) is 0 Å². The van der Waals surface area contributed by atoms with Gasteiger partial charge in [-0.15, -0.1) is 0 Å². The van der Waals surface area contributed by atoms with Gasteiger partial charge in [0.25, 0.3) is 0 Å². The molecule has 0 aliphatic rings. The van der Waals surface area contributed by atoms with Gasteiger partial charge in [-0.2, -0.15) is 0 Å². The molecule has 0 saturated heterocycles. The normalized spacial score (nSPS) is 11.1. The Morgan fingerprint density at radius 3 is 1.29 bits per heavy atom. The Balaban J connectivity index is 2.87. The molecule has 0 aromatic carbocycles. The van der Waals surface area contributed by atoms with Gasteiger partial charge < -0.3 is 0 Å². The maximum Gasteiger partial charge on any atom is 0.155 e. The van der Waals surface area contributed by atoms with Gasteiger partial charge in [0.2, 0.25) is 0 Å². The highest BCUT2D eigenvalue weighted by molar-refractivity contribution is 7.23. The zero-order chi connectivity index (χ0) is 12.6. The van der Waals surface area contributed by atoms with Crippen LogP contribution in [0.2, 0.25) is 0 Å². The van der Waals surface area contributed by atoms with Crippen molar-refractivity contribution in [2.45, 2.75) is 90.4 Å². The summed E-state index contributed by atoms with van der Waals surface area (Å²) in [5, 5.41) is 0. The molecule has 102 valence electrons. The maximum atomic E-state index is 10.2. The maximum absolute atomic E-state index is 10.2. The summed E-state index contributed by atoms with van der Waals surface area (Å²) in [7, 11) is 0.327. The van der Waals surface area contributed by atoms with Gasteiger partial charge in [-0.1, -0.05) is 84.0 Å². The number of rotatable bonds is 14. The lowest BCUT2D eigenvalue weighted by Crippen LogP contribution is -1.83. The highest BCUT2D eigenvalue weighted by atomic mass is 31.1. The van der Waals surface area contributed by atoms with E-state index in [0.717, 1.165) is 12.6 Å². The third kappa shape index (κ3) is 16.1. The van der Waals surface area contributed by atoms with Crippen molar-refractivity contribution in [2.24, 2.45) is 0 Å². The molecule has 0 saturated carbocycles. The molecule has 0 amide bonds. The average molecular weight is 258 g/mol. The summed E-state index contributed by atoms with van der Waals surface area (Å²) in [5.41, 5.74) is 0. The lowest BCUT2D eigenvalue weighted by molar-refractivity contribution is 0.542. The van der Waals surface area contributed by atoms with Crippen LogP contribution >= 0.6 is 8.46 Å². The summed E-state index contributed by atoms with van der Waals surface area (Å²) in [6, 6.07) is 0. The summed E-state index contributed by atoms with van der Waals surface area (Å²) < 4.78 is 10.2. The van der Waals surface area contributed by atoms with Crippen LogP contribution in [0.1, 0.15) is 90.4 Å². The summed E-state index contributed by atoms with van der Waals surface area (Å²) in [6.07, 6.45) is 18.8. The van der Waals surface area contributed by atoms with Crippen molar-refractivity contribution >= 4 is 8.46 Å². The van der Waals surface area contributed by atoms with Crippen LogP contribution in [0.25, 0.3) is 0 Å². The van der Waals surface area contributed by atoms with Crippen molar-refractivity contribution in [3.8, 4) is 0 Å². The quantitative estimate of drug-likeness (QED) is 0.261. The van der Waals surface area contributed by atoms with Crippen molar-refractivity contribution < 1.29 is 4.57 Å². The minimum Gasteiger partial charge on any atom is -0.275 e.